The summed E-state index contributed by atoms with van der Waals surface area (Å²) in [5.74, 6) is -4.86. The van der Waals surface area contributed by atoms with Gasteiger partial charge in [0, 0.05) is 48.6 Å². The van der Waals surface area contributed by atoms with Crippen LogP contribution >= 0.6 is 0 Å². The summed E-state index contributed by atoms with van der Waals surface area (Å²) in [4.78, 5) is 65.2. The molecule has 0 unspecified atom stereocenters. The number of rotatable bonds is 9. The molecule has 2 amide bonds. The van der Waals surface area contributed by atoms with E-state index in [1.807, 2.05) is 43.3 Å². The van der Waals surface area contributed by atoms with Crippen LogP contribution in [-0.2, 0) is 38.7 Å². The number of pyridine rings is 1. The van der Waals surface area contributed by atoms with Crippen molar-refractivity contribution < 1.29 is 55.0 Å². The Morgan fingerprint density at radius 3 is 2.46 bits per heavy atom. The number of sulfonamides is 1. The number of alkyl halides is 3. The molecule has 2 saturated carbocycles. The molecule has 1 N–H and O–H groups in total. The number of hydrogen-bond acceptors (Lipinski definition) is 11. The monoisotopic (exact) mass is 874 g/mol. The predicted octanol–water partition coefficient (Wildman–Crippen LogP) is 6.29. The minimum absolute atomic E-state index is 0.0105. The Kier molecular flexibility index (Phi) is 12.3. The molecule has 1 aromatic carbocycles. The molecular weight excluding hydrogens is 818 g/mol. The summed E-state index contributed by atoms with van der Waals surface area (Å²) in [6.07, 6.45) is 1.49. The second-order valence-corrected chi connectivity index (χ2v) is 20.9. The Bertz CT molecular complexity index is 2170. The highest BCUT2D eigenvalue weighted by atomic mass is 32.2. The minimum Gasteiger partial charge on any atom is -0.472 e. The number of carbonyl (C=O) groups excluding carboxylic acids is 4. The first kappa shape index (κ1) is 44.8. The van der Waals surface area contributed by atoms with Gasteiger partial charge in [0.25, 0.3) is 0 Å². The van der Waals surface area contributed by atoms with Gasteiger partial charge < -0.3 is 24.0 Å². The number of anilines is 1. The Morgan fingerprint density at radius 1 is 1.05 bits per heavy atom. The lowest BCUT2D eigenvalue weighted by Crippen LogP contribution is -2.48. The Morgan fingerprint density at radius 2 is 1.77 bits per heavy atom. The fraction of sp³-hybridized carbons (Fsp3) is 0.659. The molecule has 334 valence electrons. The van der Waals surface area contributed by atoms with E-state index in [4.69, 9.17) is 14.2 Å². The first-order valence-electron chi connectivity index (χ1n) is 21.4. The quantitative estimate of drug-likeness (QED) is 0.223. The number of carbonyl (C=O) groups is 4. The largest absolute Gasteiger partial charge is 0.472 e. The molecule has 17 heteroatoms. The molecule has 2 aromatic rings. The maximum Gasteiger partial charge on any atom is 0.427 e. The van der Waals surface area contributed by atoms with Crippen LogP contribution in [-0.4, -0.2) is 103 Å². The lowest BCUT2D eigenvalue weighted by Gasteiger charge is -2.33. The summed E-state index contributed by atoms with van der Waals surface area (Å²) in [5, 5.41) is 1.59. The SMILES string of the molecule is C[C@@H]1CC/C=C\[C@@H]2C[C@@]2(C(=O)NS(=O)(=O)C2(C)CC2)CC(=O)[C@@H]2C[C@@H](Oc3nccc4c(N5CCOCC5)cccc34)CN2C(=O)[C@@H](CC(=O)OC(C)(C)C(F)(F)F)[C@H](C)C1. The van der Waals surface area contributed by atoms with Crippen molar-refractivity contribution >= 4 is 50.1 Å². The summed E-state index contributed by atoms with van der Waals surface area (Å²) in [5.41, 5.74) is -3.22. The van der Waals surface area contributed by atoms with Gasteiger partial charge in [-0.05, 0) is 95.2 Å². The van der Waals surface area contributed by atoms with Crippen LogP contribution in [0.1, 0.15) is 92.4 Å². The number of amides is 2. The van der Waals surface area contributed by atoms with Gasteiger partial charge in [0.2, 0.25) is 33.3 Å². The van der Waals surface area contributed by atoms with E-state index in [-0.39, 0.29) is 37.6 Å². The number of fused-ring (bicyclic) bond motifs is 3. The van der Waals surface area contributed by atoms with Crippen molar-refractivity contribution in [2.45, 2.75) is 121 Å². The minimum atomic E-state index is -4.86. The van der Waals surface area contributed by atoms with Crippen LogP contribution < -0.4 is 14.4 Å². The van der Waals surface area contributed by atoms with Gasteiger partial charge in [-0.25, -0.2) is 13.4 Å². The molecule has 5 aliphatic rings. The first-order chi connectivity index (χ1) is 28.6. The van der Waals surface area contributed by atoms with Gasteiger partial charge in [-0.15, -0.1) is 0 Å². The van der Waals surface area contributed by atoms with Gasteiger partial charge >= 0.3 is 12.1 Å². The molecular formula is C44H57F3N4O9S. The molecule has 2 saturated heterocycles. The average Bonchev–Trinajstić information content (AvgIpc) is 4.08. The predicted molar refractivity (Wildman–Crippen MR) is 220 cm³/mol. The van der Waals surface area contributed by atoms with E-state index < -0.39 is 91.8 Å². The molecule has 2 aliphatic carbocycles. The fourth-order valence-electron chi connectivity index (χ4n) is 9.14. The second-order valence-electron chi connectivity index (χ2n) is 18.7. The number of halogens is 3. The van der Waals surface area contributed by atoms with Crippen LogP contribution in [0.3, 0.4) is 0 Å². The zero-order chi connectivity index (χ0) is 44.1. The summed E-state index contributed by atoms with van der Waals surface area (Å²) in [7, 11) is -4.03. The molecule has 0 bridgehead atoms. The molecule has 0 radical (unpaired) electrons. The van der Waals surface area contributed by atoms with Crippen molar-refractivity contribution in [3.63, 3.8) is 0 Å². The standard InChI is InChI=1S/C44H57F3N4O9S/c1-27-9-6-7-10-29-24-43(29,40(55)49-61(56,57)42(5)14-15-42)25-36(52)35-22-30(59-38-32-11-8-12-34(31(32)13-16-48-38)50-17-19-58-20-18-50)26-51(35)39(54)33(28(2)21-27)23-37(53)60-41(3,4)44(45,46)47/h7-8,10-13,16,27-30,33,35H,6,9,14-15,17-26H2,1-5H3,(H,49,55)/b10-7-/t27-,28-,29-,30-,33+,35+,43-/m1/s1. The van der Waals surface area contributed by atoms with Crippen LogP contribution in [0.5, 0.6) is 5.88 Å². The van der Waals surface area contributed by atoms with E-state index in [1.54, 1.807) is 20.0 Å². The van der Waals surface area contributed by atoms with Gasteiger partial charge in [0.15, 0.2) is 5.78 Å². The van der Waals surface area contributed by atoms with Crippen LogP contribution in [0.15, 0.2) is 42.6 Å². The van der Waals surface area contributed by atoms with Crippen molar-refractivity contribution in [2.24, 2.45) is 29.1 Å². The molecule has 3 aliphatic heterocycles. The van der Waals surface area contributed by atoms with Crippen LogP contribution in [0.2, 0.25) is 0 Å². The molecule has 4 fully saturated rings. The van der Waals surface area contributed by atoms with Crippen molar-refractivity contribution in [1.82, 2.24) is 14.6 Å². The summed E-state index contributed by atoms with van der Waals surface area (Å²) >= 11 is 0. The highest BCUT2D eigenvalue weighted by Gasteiger charge is 2.63. The zero-order valence-electron chi connectivity index (χ0n) is 35.5. The smallest absolute Gasteiger partial charge is 0.427 e. The number of ketones is 1. The lowest BCUT2D eigenvalue weighted by atomic mass is 9.82. The van der Waals surface area contributed by atoms with Crippen molar-refractivity contribution in [2.75, 3.05) is 37.7 Å². The van der Waals surface area contributed by atoms with E-state index in [9.17, 15) is 40.8 Å². The summed E-state index contributed by atoms with van der Waals surface area (Å²) in [6, 6.07) is 6.50. The number of ether oxygens (including phenoxy) is 3. The van der Waals surface area contributed by atoms with Crippen LogP contribution in [0.4, 0.5) is 18.9 Å². The van der Waals surface area contributed by atoms with Gasteiger partial charge in [0.05, 0.1) is 48.3 Å². The lowest BCUT2D eigenvalue weighted by molar-refractivity contribution is -0.257. The molecule has 4 heterocycles. The van der Waals surface area contributed by atoms with Gasteiger partial charge in [-0.1, -0.05) is 32.1 Å². The Labute approximate surface area is 355 Å². The van der Waals surface area contributed by atoms with Crippen LogP contribution in [0.25, 0.3) is 10.8 Å². The number of nitrogens with one attached hydrogen (secondary N) is 1. The number of allylic oxidation sites excluding steroid dienone is 2. The molecule has 61 heavy (non-hydrogen) atoms. The van der Waals surface area contributed by atoms with E-state index in [0.717, 1.165) is 24.9 Å². The van der Waals surface area contributed by atoms with Gasteiger partial charge in [-0.3, -0.25) is 23.9 Å². The average molecular weight is 875 g/mol. The maximum atomic E-state index is 15.0. The maximum absolute atomic E-state index is 15.0. The Hall–Kier alpha value is -4.25. The van der Waals surface area contributed by atoms with Crippen molar-refractivity contribution in [3.8, 4) is 5.88 Å². The third kappa shape index (κ3) is 9.28. The Balaban J connectivity index is 1.22. The number of hydrogen-bond donors (Lipinski definition) is 1. The third-order valence-electron chi connectivity index (χ3n) is 13.6. The summed E-state index contributed by atoms with van der Waals surface area (Å²) in [6.45, 7) is 9.27. The number of morpholine rings is 1. The number of Topliss-reactive ketones (excluding diaryl/α,β-unsaturated/α-hetero) is 1. The number of nitrogens with zero attached hydrogens (tertiary/aromatic N) is 3. The van der Waals surface area contributed by atoms with Crippen molar-refractivity contribution in [1.29, 1.82) is 0 Å². The number of esters is 1. The first-order valence-corrected chi connectivity index (χ1v) is 22.9. The number of benzene rings is 1. The molecule has 13 nitrogen and oxygen atoms in total. The second kappa shape index (κ2) is 16.8. The normalized spacial score (nSPS) is 30.4. The summed E-state index contributed by atoms with van der Waals surface area (Å²) < 4.78 is 86.3. The van der Waals surface area contributed by atoms with E-state index in [2.05, 4.69) is 14.6 Å². The zero-order valence-corrected chi connectivity index (χ0v) is 36.3. The highest BCUT2D eigenvalue weighted by Crippen LogP contribution is 2.58. The third-order valence-corrected chi connectivity index (χ3v) is 15.8. The van der Waals surface area contributed by atoms with Crippen LogP contribution in [0, 0.1) is 29.1 Å². The number of aromatic nitrogens is 1. The molecule has 0 spiro atoms. The van der Waals surface area contributed by atoms with Gasteiger partial charge in [-0.2, -0.15) is 13.2 Å². The van der Waals surface area contributed by atoms with E-state index in [1.165, 1.54) is 4.90 Å². The fourth-order valence-corrected chi connectivity index (χ4v) is 10.5. The van der Waals surface area contributed by atoms with E-state index >= 15 is 0 Å². The van der Waals surface area contributed by atoms with E-state index in [0.29, 0.717) is 63.8 Å². The molecule has 1 aromatic heterocycles. The topological polar surface area (TPSA) is 162 Å². The highest BCUT2D eigenvalue weighted by molar-refractivity contribution is 7.91. The van der Waals surface area contributed by atoms with Crippen molar-refractivity contribution in [3.05, 3.63) is 42.6 Å². The molecule has 7 atom stereocenters. The van der Waals surface area contributed by atoms with Gasteiger partial charge in [0.1, 0.15) is 6.10 Å². The molecule has 7 rings (SSSR count).